The van der Waals surface area contributed by atoms with Crippen LogP contribution in [-0.4, -0.2) is 16.9 Å². The van der Waals surface area contributed by atoms with Gasteiger partial charge in [-0.05, 0) is 18.1 Å². The molecule has 0 amide bonds. The number of aromatic nitrogens is 1. The van der Waals surface area contributed by atoms with Gasteiger partial charge < -0.3 is 4.74 Å². The van der Waals surface area contributed by atoms with Crippen molar-refractivity contribution in [2.45, 2.75) is 19.8 Å². The molecule has 14 heavy (non-hydrogen) atoms. The van der Waals surface area contributed by atoms with Crippen LogP contribution in [0.1, 0.15) is 46.3 Å². The van der Waals surface area contributed by atoms with Gasteiger partial charge in [-0.1, -0.05) is 13.8 Å². The smallest absolute Gasteiger partial charge is 0.365 e. The van der Waals surface area contributed by atoms with E-state index < -0.39 is 11.9 Å². The number of pyridine rings is 1. The fourth-order valence-electron chi connectivity index (χ4n) is 1.30. The van der Waals surface area contributed by atoms with Crippen LogP contribution >= 0.6 is 0 Å². The average Bonchev–Trinajstić information content (AvgIpc) is 2.42. The van der Waals surface area contributed by atoms with Crippen LogP contribution in [-0.2, 0) is 4.74 Å². The molecule has 2 heterocycles. The largest absolute Gasteiger partial charge is 0.384 e. The van der Waals surface area contributed by atoms with E-state index in [1.54, 1.807) is 12.1 Å². The van der Waals surface area contributed by atoms with Gasteiger partial charge in [-0.15, -0.1) is 0 Å². The van der Waals surface area contributed by atoms with E-state index in [9.17, 15) is 9.59 Å². The van der Waals surface area contributed by atoms with Crippen molar-refractivity contribution in [1.82, 2.24) is 4.98 Å². The minimum absolute atomic E-state index is 0.140. The third-order valence-corrected chi connectivity index (χ3v) is 2.11. The summed E-state index contributed by atoms with van der Waals surface area (Å²) >= 11 is 0. The van der Waals surface area contributed by atoms with E-state index in [1.807, 2.05) is 13.8 Å². The zero-order valence-electron chi connectivity index (χ0n) is 7.90. The summed E-state index contributed by atoms with van der Waals surface area (Å²) in [5.74, 6) is -1.02. The molecule has 0 bridgehead atoms. The molecule has 1 aromatic heterocycles. The fraction of sp³-hybridized carbons (Fsp3) is 0.300. The molecule has 1 aliphatic heterocycles. The van der Waals surface area contributed by atoms with Gasteiger partial charge in [0, 0.05) is 5.69 Å². The Morgan fingerprint density at radius 2 is 1.93 bits per heavy atom. The highest BCUT2D eigenvalue weighted by atomic mass is 16.6. The zero-order valence-corrected chi connectivity index (χ0v) is 7.90. The Labute approximate surface area is 80.9 Å². The van der Waals surface area contributed by atoms with Gasteiger partial charge in [-0.25, -0.2) is 14.6 Å². The lowest BCUT2D eigenvalue weighted by Gasteiger charge is -2.03. The molecular weight excluding hydrogens is 182 g/mol. The summed E-state index contributed by atoms with van der Waals surface area (Å²) in [5.41, 5.74) is 1.19. The molecular formula is C10H9NO3. The molecule has 0 N–H and O–H groups in total. The first-order chi connectivity index (χ1) is 6.59. The number of cyclic esters (lactones) is 2. The third kappa shape index (κ3) is 1.19. The molecule has 0 fully saturated rings. The van der Waals surface area contributed by atoms with E-state index in [-0.39, 0.29) is 17.2 Å². The Hall–Kier alpha value is -1.71. The molecule has 1 aromatic rings. The molecule has 0 saturated heterocycles. The van der Waals surface area contributed by atoms with Crippen LogP contribution in [0.3, 0.4) is 0 Å². The van der Waals surface area contributed by atoms with Gasteiger partial charge in [0.2, 0.25) is 0 Å². The predicted octanol–water partition coefficient (Wildman–Crippen LogP) is 1.52. The van der Waals surface area contributed by atoms with E-state index in [1.165, 1.54) is 0 Å². The maximum atomic E-state index is 11.1. The molecule has 2 rings (SSSR count). The number of fused-ring (bicyclic) bond motifs is 1. The van der Waals surface area contributed by atoms with Crippen molar-refractivity contribution in [3.63, 3.8) is 0 Å². The van der Waals surface area contributed by atoms with E-state index in [2.05, 4.69) is 9.72 Å². The average molecular weight is 191 g/mol. The lowest BCUT2D eigenvalue weighted by Crippen LogP contribution is -2.01. The second-order valence-electron chi connectivity index (χ2n) is 3.46. The topological polar surface area (TPSA) is 56.3 Å². The van der Waals surface area contributed by atoms with Crippen molar-refractivity contribution in [2.75, 3.05) is 0 Å². The van der Waals surface area contributed by atoms with Gasteiger partial charge in [0.05, 0.1) is 5.56 Å². The van der Waals surface area contributed by atoms with Crippen LogP contribution < -0.4 is 0 Å². The van der Waals surface area contributed by atoms with Gasteiger partial charge >= 0.3 is 11.9 Å². The van der Waals surface area contributed by atoms with Crippen LogP contribution in [0.5, 0.6) is 0 Å². The number of ether oxygens (including phenoxy) is 1. The normalized spacial score (nSPS) is 14.5. The summed E-state index contributed by atoms with van der Waals surface area (Å²) in [6.07, 6.45) is 0. The maximum absolute atomic E-state index is 11.1. The molecule has 4 heteroatoms. The minimum Gasteiger partial charge on any atom is -0.384 e. The van der Waals surface area contributed by atoms with Crippen molar-refractivity contribution in [3.05, 3.63) is 29.1 Å². The summed E-state index contributed by atoms with van der Waals surface area (Å²) < 4.78 is 4.43. The summed E-state index contributed by atoms with van der Waals surface area (Å²) in [6, 6.07) is 3.33. The summed E-state index contributed by atoms with van der Waals surface area (Å²) in [7, 11) is 0. The summed E-state index contributed by atoms with van der Waals surface area (Å²) in [6.45, 7) is 3.94. The maximum Gasteiger partial charge on any atom is 0.365 e. The summed E-state index contributed by atoms with van der Waals surface area (Å²) in [5, 5.41) is 0. The molecule has 0 spiro atoms. The molecule has 0 aromatic carbocycles. The molecule has 0 radical (unpaired) electrons. The van der Waals surface area contributed by atoms with E-state index >= 15 is 0 Å². The monoisotopic (exact) mass is 191 g/mol. The first kappa shape index (κ1) is 8.87. The minimum atomic E-state index is -0.646. The second-order valence-corrected chi connectivity index (χ2v) is 3.46. The Kier molecular flexibility index (Phi) is 1.84. The highest BCUT2D eigenvalue weighted by Gasteiger charge is 2.31. The number of carbonyl (C=O) groups is 2. The van der Waals surface area contributed by atoms with E-state index in [4.69, 9.17) is 0 Å². The predicted molar refractivity (Wildman–Crippen MR) is 48.1 cm³/mol. The number of rotatable bonds is 1. The highest BCUT2D eigenvalue weighted by Crippen LogP contribution is 2.21. The highest BCUT2D eigenvalue weighted by molar-refractivity contribution is 6.13. The van der Waals surface area contributed by atoms with Crippen LogP contribution in [0.15, 0.2) is 12.1 Å². The zero-order chi connectivity index (χ0) is 10.3. The number of hydrogen-bond donors (Lipinski definition) is 0. The van der Waals surface area contributed by atoms with Gasteiger partial charge in [-0.2, -0.15) is 0 Å². The van der Waals surface area contributed by atoms with Crippen LogP contribution in [0, 0.1) is 0 Å². The van der Waals surface area contributed by atoms with E-state index in [0.29, 0.717) is 0 Å². The van der Waals surface area contributed by atoms with Gasteiger partial charge in [0.1, 0.15) is 0 Å². The van der Waals surface area contributed by atoms with Gasteiger partial charge in [-0.3, -0.25) is 0 Å². The molecule has 1 aliphatic rings. The lowest BCUT2D eigenvalue weighted by molar-refractivity contribution is 0.0441. The number of hydrogen-bond acceptors (Lipinski definition) is 4. The molecule has 4 nitrogen and oxygen atoms in total. The number of carbonyl (C=O) groups excluding carboxylic acids is 2. The Morgan fingerprint density at radius 1 is 1.21 bits per heavy atom. The summed E-state index contributed by atoms with van der Waals surface area (Å²) in [4.78, 5) is 26.3. The molecule has 72 valence electrons. The van der Waals surface area contributed by atoms with Crippen molar-refractivity contribution < 1.29 is 14.3 Å². The molecule has 0 aliphatic carbocycles. The van der Waals surface area contributed by atoms with E-state index in [0.717, 1.165) is 5.69 Å². The molecule has 0 atom stereocenters. The third-order valence-electron chi connectivity index (χ3n) is 2.11. The first-order valence-electron chi connectivity index (χ1n) is 4.37. The molecule has 0 saturated carbocycles. The van der Waals surface area contributed by atoms with Gasteiger partial charge in [0.25, 0.3) is 0 Å². The van der Waals surface area contributed by atoms with Crippen molar-refractivity contribution >= 4 is 11.9 Å². The van der Waals surface area contributed by atoms with Crippen LogP contribution in [0.4, 0.5) is 0 Å². The van der Waals surface area contributed by atoms with Gasteiger partial charge in [0.15, 0.2) is 5.69 Å². The van der Waals surface area contributed by atoms with Crippen LogP contribution in [0.25, 0.3) is 0 Å². The fourth-order valence-corrected chi connectivity index (χ4v) is 1.30. The number of nitrogens with zero attached hydrogens (tertiary/aromatic N) is 1. The second kappa shape index (κ2) is 2.90. The molecule has 0 unspecified atom stereocenters. The quantitative estimate of drug-likeness (QED) is 0.498. The Bertz CT molecular complexity index is 423. The standard InChI is InChI=1S/C10H9NO3/c1-5(2)7-4-3-6-8(11-7)10(13)14-9(6)12/h3-5H,1-2H3. The number of esters is 2. The van der Waals surface area contributed by atoms with Crippen molar-refractivity contribution in [2.24, 2.45) is 0 Å². The SMILES string of the molecule is CC(C)c1ccc2c(n1)C(=O)OC2=O. The first-order valence-corrected chi connectivity index (χ1v) is 4.37. The van der Waals surface area contributed by atoms with Crippen molar-refractivity contribution in [1.29, 1.82) is 0 Å². The lowest BCUT2D eigenvalue weighted by atomic mass is 10.1. The Morgan fingerprint density at radius 3 is 2.57 bits per heavy atom. The van der Waals surface area contributed by atoms with Crippen molar-refractivity contribution in [3.8, 4) is 0 Å². The Balaban J connectivity index is 2.55. The van der Waals surface area contributed by atoms with Crippen LogP contribution in [0.2, 0.25) is 0 Å².